The zero-order valence-electron chi connectivity index (χ0n) is 18.6. The van der Waals surface area contributed by atoms with Crippen LogP contribution in [0.1, 0.15) is 47.7 Å². The molecule has 1 heterocycles. The maximum Gasteiger partial charge on any atom is 0.155 e. The lowest BCUT2D eigenvalue weighted by molar-refractivity contribution is 0.106. The summed E-state index contributed by atoms with van der Waals surface area (Å²) in [6, 6.07) is 4.49. The van der Waals surface area contributed by atoms with Crippen LogP contribution in [0.4, 0.5) is 15.9 Å². The van der Waals surface area contributed by atoms with Crippen molar-refractivity contribution in [1.82, 2.24) is 15.3 Å². The van der Waals surface area contributed by atoms with E-state index >= 15 is 0 Å². The Morgan fingerprint density at radius 3 is 2.55 bits per heavy atom. The highest BCUT2D eigenvalue weighted by atomic mass is 35.5. The number of nitrogen functional groups attached to an aromatic ring is 1. The van der Waals surface area contributed by atoms with Gasteiger partial charge in [0.25, 0.3) is 0 Å². The maximum atomic E-state index is 12.5. The number of halogens is 2. The van der Waals surface area contributed by atoms with Gasteiger partial charge in [0.2, 0.25) is 0 Å². The van der Waals surface area contributed by atoms with Crippen LogP contribution in [0.5, 0.6) is 0 Å². The second-order valence-corrected chi connectivity index (χ2v) is 8.97. The molecule has 2 aliphatic rings. The van der Waals surface area contributed by atoms with Gasteiger partial charge in [0.1, 0.15) is 17.2 Å². The third-order valence-electron chi connectivity index (χ3n) is 6.57. The lowest BCUT2D eigenvalue weighted by Crippen LogP contribution is -2.44. The van der Waals surface area contributed by atoms with Crippen LogP contribution in [0, 0.1) is 17.7 Å². The summed E-state index contributed by atoms with van der Waals surface area (Å²) in [4.78, 5) is 11.3. The van der Waals surface area contributed by atoms with E-state index in [-0.39, 0.29) is 22.6 Å². The van der Waals surface area contributed by atoms with E-state index in [0.717, 1.165) is 30.5 Å². The zero-order chi connectivity index (χ0) is 24.3. The molecule has 2 aromatic rings. The first-order valence-corrected chi connectivity index (χ1v) is 10.9. The molecule has 1 aromatic carbocycles. The maximum absolute atomic E-state index is 12.5. The number of amidine groups is 1. The fourth-order valence-corrected chi connectivity index (χ4v) is 5.10. The van der Waals surface area contributed by atoms with E-state index in [1.165, 1.54) is 12.1 Å². The Bertz CT molecular complexity index is 1030. The number of hydrazone groups is 1. The van der Waals surface area contributed by atoms with Crippen molar-refractivity contribution >= 4 is 35.2 Å². The molecule has 0 saturated heterocycles. The first-order valence-electron chi connectivity index (χ1n) is 10.6. The number of hydrazine groups is 1. The molecule has 2 saturated carbocycles. The van der Waals surface area contributed by atoms with Gasteiger partial charge in [-0.1, -0.05) is 11.6 Å². The molecule has 0 bridgehead atoms. The number of hydrogen-bond acceptors (Lipinski definition) is 8. The number of rotatable bonds is 5. The predicted octanol–water partition coefficient (Wildman–Crippen LogP) is 1.71. The SMILES string of the molecule is CNc1ccc(F)c(Cl)c1.Cn1nc(C2CC3CC(O)(/C(N)=N/NN)CC3C2)c(C=O)c1N. The van der Waals surface area contributed by atoms with Gasteiger partial charge in [-0.15, -0.1) is 5.10 Å². The highest BCUT2D eigenvalue weighted by Crippen LogP contribution is 2.54. The van der Waals surface area contributed by atoms with Crippen molar-refractivity contribution in [2.24, 2.45) is 35.6 Å². The quantitative estimate of drug-likeness (QED) is 0.123. The molecule has 0 aliphatic heterocycles. The molecule has 9 N–H and O–H groups in total. The number of nitrogens with zero attached hydrogens (tertiary/aromatic N) is 3. The smallest absolute Gasteiger partial charge is 0.155 e. The van der Waals surface area contributed by atoms with Crippen molar-refractivity contribution in [3.05, 3.63) is 40.3 Å². The number of anilines is 2. The van der Waals surface area contributed by atoms with Crippen molar-refractivity contribution in [2.75, 3.05) is 18.1 Å². The van der Waals surface area contributed by atoms with Crippen molar-refractivity contribution in [1.29, 1.82) is 0 Å². The number of carbonyl (C=O) groups is 1. The second-order valence-electron chi connectivity index (χ2n) is 8.56. The van der Waals surface area contributed by atoms with Crippen molar-refractivity contribution in [3.8, 4) is 0 Å². The Morgan fingerprint density at radius 2 is 2.03 bits per heavy atom. The highest BCUT2D eigenvalue weighted by Gasteiger charge is 2.51. The Hall–Kier alpha value is -2.89. The topological polar surface area (TPSA) is 170 Å². The molecule has 4 rings (SSSR count). The number of aldehydes is 1. The summed E-state index contributed by atoms with van der Waals surface area (Å²) >= 11 is 5.48. The third kappa shape index (κ3) is 5.05. The molecule has 2 fully saturated rings. The van der Waals surface area contributed by atoms with Crippen LogP contribution in [-0.2, 0) is 7.05 Å². The fourth-order valence-electron chi connectivity index (χ4n) is 4.92. The minimum atomic E-state index is -1.11. The minimum Gasteiger partial charge on any atom is -0.388 e. The molecular formula is C21H30ClFN8O2. The molecule has 180 valence electrons. The highest BCUT2D eigenvalue weighted by molar-refractivity contribution is 6.31. The normalized spacial score (nSPS) is 26.4. The molecule has 0 radical (unpaired) electrons. The molecule has 33 heavy (non-hydrogen) atoms. The van der Waals surface area contributed by atoms with Crippen LogP contribution in [0.3, 0.4) is 0 Å². The monoisotopic (exact) mass is 480 g/mol. The van der Waals surface area contributed by atoms with Crippen LogP contribution in [0.25, 0.3) is 0 Å². The standard InChI is InChI=1S/C14H23N7O2.C7H7ClFN/c1-21-12(15)10(6-22)11(19-21)7-2-8-4-14(23,5-9(8)3-7)13(16)18-20-17;1-10-5-2-3-7(9)6(8)4-5/h6-9,20,23H,2-5,15,17H2,1H3,(H2,16,18);2-4,10H,1H3. The number of benzene rings is 1. The van der Waals surface area contributed by atoms with Crippen LogP contribution in [0.15, 0.2) is 23.3 Å². The van der Waals surface area contributed by atoms with E-state index < -0.39 is 5.60 Å². The summed E-state index contributed by atoms with van der Waals surface area (Å²) in [6.45, 7) is 0. The van der Waals surface area contributed by atoms with Gasteiger partial charge < -0.3 is 21.9 Å². The number of aliphatic hydroxyl groups is 1. The van der Waals surface area contributed by atoms with Crippen LogP contribution in [0.2, 0.25) is 5.02 Å². The summed E-state index contributed by atoms with van der Waals surface area (Å²) in [6.07, 6.45) is 3.58. The van der Waals surface area contributed by atoms with E-state index in [9.17, 15) is 14.3 Å². The molecular weight excluding hydrogens is 451 g/mol. The lowest BCUT2D eigenvalue weighted by Gasteiger charge is -2.23. The van der Waals surface area contributed by atoms with Gasteiger partial charge in [0.15, 0.2) is 12.1 Å². The van der Waals surface area contributed by atoms with Crippen molar-refractivity contribution < 1.29 is 14.3 Å². The molecule has 2 aliphatic carbocycles. The molecule has 1 aromatic heterocycles. The third-order valence-corrected chi connectivity index (χ3v) is 6.86. The summed E-state index contributed by atoms with van der Waals surface area (Å²) in [5.41, 5.74) is 14.8. The molecule has 10 nitrogen and oxygen atoms in total. The number of aromatic nitrogens is 2. The summed E-state index contributed by atoms with van der Waals surface area (Å²) in [7, 11) is 3.49. The summed E-state index contributed by atoms with van der Waals surface area (Å²) < 4.78 is 14.0. The Kier molecular flexibility index (Phi) is 7.45. The van der Waals surface area contributed by atoms with E-state index in [2.05, 4.69) is 21.1 Å². The Labute approximate surface area is 196 Å². The predicted molar refractivity (Wildman–Crippen MR) is 126 cm³/mol. The minimum absolute atomic E-state index is 0.126. The van der Waals surface area contributed by atoms with Crippen LogP contribution >= 0.6 is 11.6 Å². The number of aryl methyl sites for hydroxylation is 1. The zero-order valence-corrected chi connectivity index (χ0v) is 19.3. The van der Waals surface area contributed by atoms with Gasteiger partial charge in [0, 0.05) is 25.7 Å². The summed E-state index contributed by atoms with van der Waals surface area (Å²) in [5.74, 6) is 6.09. The van der Waals surface area contributed by atoms with Crippen molar-refractivity contribution in [2.45, 2.75) is 37.2 Å². The molecule has 2 unspecified atom stereocenters. The number of nitrogens with two attached hydrogens (primary N) is 3. The fraction of sp³-hybridized carbons (Fsp3) is 0.476. The van der Waals surface area contributed by atoms with Gasteiger partial charge in [-0.25, -0.2) is 15.8 Å². The Balaban J connectivity index is 0.000000257. The second kappa shape index (κ2) is 9.94. The van der Waals surface area contributed by atoms with E-state index in [4.69, 9.17) is 28.9 Å². The molecule has 0 amide bonds. The van der Waals surface area contributed by atoms with E-state index in [0.29, 0.717) is 36.1 Å². The number of hydrogen-bond donors (Lipinski definition) is 6. The van der Waals surface area contributed by atoms with Gasteiger partial charge in [-0.2, -0.15) is 5.10 Å². The van der Waals surface area contributed by atoms with Gasteiger partial charge in [-0.05, 0) is 55.7 Å². The van der Waals surface area contributed by atoms with E-state index in [1.807, 2.05) is 0 Å². The summed E-state index contributed by atoms with van der Waals surface area (Å²) in [5, 5.41) is 21.8. The lowest BCUT2D eigenvalue weighted by atomic mass is 9.91. The molecule has 0 spiro atoms. The average Bonchev–Trinajstić information content (AvgIpc) is 3.40. The first kappa shape index (κ1) is 24.7. The van der Waals surface area contributed by atoms with Crippen molar-refractivity contribution in [3.63, 3.8) is 0 Å². The van der Waals surface area contributed by atoms with Gasteiger partial charge in [-0.3, -0.25) is 9.48 Å². The number of fused-ring (bicyclic) bond motifs is 1. The average molecular weight is 481 g/mol. The van der Waals surface area contributed by atoms with E-state index in [1.54, 1.807) is 24.8 Å². The van der Waals surface area contributed by atoms with Crippen LogP contribution < -0.4 is 28.2 Å². The van der Waals surface area contributed by atoms with Crippen LogP contribution in [-0.4, -0.2) is 39.7 Å². The Morgan fingerprint density at radius 1 is 1.39 bits per heavy atom. The number of nitrogens with one attached hydrogen (secondary N) is 2. The first-order chi connectivity index (χ1) is 15.6. The number of carbonyl (C=O) groups excluding carboxylic acids is 1. The molecule has 2 atom stereocenters. The largest absolute Gasteiger partial charge is 0.388 e. The van der Waals surface area contributed by atoms with Gasteiger partial charge >= 0.3 is 0 Å². The molecule has 12 heteroatoms. The van der Waals surface area contributed by atoms with Gasteiger partial charge in [0.05, 0.1) is 16.3 Å².